The van der Waals surface area contributed by atoms with Crippen molar-refractivity contribution >= 4 is 23.1 Å². The summed E-state index contributed by atoms with van der Waals surface area (Å²) in [5, 5.41) is 0. The molecule has 43 valence electrons. The Morgan fingerprint density at radius 2 is 0.857 bits per heavy atom. The first-order valence-electron chi connectivity index (χ1n) is 0.894. The van der Waals surface area contributed by atoms with Crippen molar-refractivity contribution in [3.8, 4) is 0 Å². The summed E-state index contributed by atoms with van der Waals surface area (Å²) in [5.74, 6) is 0. The van der Waals surface area contributed by atoms with Gasteiger partial charge in [-0.05, 0) is 0 Å². The van der Waals surface area contributed by atoms with Crippen LogP contribution in [0.4, 0.5) is 0 Å². The van der Waals surface area contributed by atoms with Gasteiger partial charge in [-0.25, -0.2) is 0 Å². The molecule has 0 aromatic rings. The fourth-order valence-corrected chi connectivity index (χ4v) is 0. The van der Waals surface area contributed by atoms with E-state index in [9.17, 15) is 0 Å². The SMILES string of the molecule is [Eu].[MgH2].[OH][Ti]([OH])([OH])[OH]. The molecule has 7 heavy (non-hydrogen) atoms. The summed E-state index contributed by atoms with van der Waals surface area (Å²) in [4.78, 5) is 0. The van der Waals surface area contributed by atoms with Crippen molar-refractivity contribution in [2.45, 2.75) is 0 Å². The molecule has 0 spiro atoms. The average Bonchev–Trinajstić information content (AvgIpc) is 0.722. The quantitative estimate of drug-likeness (QED) is 0.356. The van der Waals surface area contributed by atoms with E-state index < -0.39 is 18.1 Å². The van der Waals surface area contributed by atoms with E-state index in [1.807, 2.05) is 0 Å². The molecule has 7 heteroatoms. The second-order valence-electron chi connectivity index (χ2n) is 0.600. The molecule has 0 aliphatic heterocycles. The summed E-state index contributed by atoms with van der Waals surface area (Å²) in [6.07, 6.45) is 0. The fourth-order valence-electron chi connectivity index (χ4n) is 0. The van der Waals surface area contributed by atoms with E-state index in [4.69, 9.17) is 14.8 Å². The van der Waals surface area contributed by atoms with E-state index in [2.05, 4.69) is 0 Å². The Balaban J connectivity index is -0.0000000800. The molecule has 0 aromatic carbocycles. The minimum absolute atomic E-state index is 0. The molecule has 4 nitrogen and oxygen atoms in total. The molecule has 0 saturated carbocycles. The van der Waals surface area contributed by atoms with E-state index in [1.165, 1.54) is 0 Å². The molecule has 0 unspecified atom stereocenters. The van der Waals surface area contributed by atoms with E-state index in [0.29, 0.717) is 0 Å². The van der Waals surface area contributed by atoms with Crippen LogP contribution < -0.4 is 0 Å². The third kappa shape index (κ3) is 50.3. The third-order valence-electron chi connectivity index (χ3n) is 0. The third-order valence-corrected chi connectivity index (χ3v) is 0. The van der Waals surface area contributed by atoms with E-state index in [0.717, 1.165) is 0 Å². The summed E-state index contributed by atoms with van der Waals surface area (Å²) in [6.45, 7) is 0. The predicted molar refractivity (Wildman–Crippen MR) is 17.4 cm³/mol. The normalized spacial score (nSPS) is 8.57. The molecule has 0 atom stereocenters. The number of rotatable bonds is 0. The minimum atomic E-state index is -5.00. The van der Waals surface area contributed by atoms with Crippen LogP contribution >= 0.6 is 0 Å². The van der Waals surface area contributed by atoms with Crippen LogP contribution in [0.25, 0.3) is 0 Å². The molecule has 0 amide bonds. The zero-order valence-electron chi connectivity index (χ0n) is 2.67. The predicted octanol–water partition coefficient (Wildman–Crippen LogP) is -3.15. The summed E-state index contributed by atoms with van der Waals surface area (Å²) in [7, 11) is 0. The van der Waals surface area contributed by atoms with Gasteiger partial charge in [-0.1, -0.05) is 0 Å². The first kappa shape index (κ1) is 16.5. The van der Waals surface area contributed by atoms with Crippen molar-refractivity contribution in [2.75, 3.05) is 0 Å². The van der Waals surface area contributed by atoms with Gasteiger partial charge in [-0.2, -0.15) is 0 Å². The van der Waals surface area contributed by atoms with Crippen molar-refractivity contribution in [1.29, 1.82) is 0 Å². The van der Waals surface area contributed by atoms with Gasteiger partial charge in [0, 0.05) is 49.4 Å². The molecule has 0 aromatic heterocycles. The van der Waals surface area contributed by atoms with Crippen LogP contribution in [0.1, 0.15) is 0 Å². The summed E-state index contributed by atoms with van der Waals surface area (Å²) < 4.78 is 29.5. The molecule has 4 N–H and O–H groups in total. The van der Waals surface area contributed by atoms with Crippen molar-refractivity contribution in [3.05, 3.63) is 0 Å². The zero-order valence-corrected chi connectivity index (χ0v) is 6.65. The van der Waals surface area contributed by atoms with Crippen LogP contribution in [0.3, 0.4) is 0 Å². The topological polar surface area (TPSA) is 80.9 Å². The first-order valence-corrected chi connectivity index (χ1v) is 3.69. The molecule has 0 rings (SSSR count). The molecular weight excluding hydrogens is 288 g/mol. The first-order chi connectivity index (χ1) is 2.00. The fraction of sp³-hybridized carbons (Fsp3) is 0. The van der Waals surface area contributed by atoms with Crippen LogP contribution in [0.5, 0.6) is 0 Å². The maximum atomic E-state index is 7.38. The Hall–Kier alpha value is 2.90. The van der Waals surface area contributed by atoms with Gasteiger partial charge in [0.1, 0.15) is 0 Å². The van der Waals surface area contributed by atoms with Crippen molar-refractivity contribution in [2.24, 2.45) is 0 Å². The van der Waals surface area contributed by atoms with E-state index >= 15 is 0 Å². The van der Waals surface area contributed by atoms with Crippen LogP contribution in [0.2, 0.25) is 0 Å². The van der Waals surface area contributed by atoms with Crippen LogP contribution in [0.15, 0.2) is 0 Å². The Morgan fingerprint density at radius 1 is 0.857 bits per heavy atom. The molecule has 0 aliphatic carbocycles. The van der Waals surface area contributed by atoms with Crippen LogP contribution in [-0.2, 0) is 18.1 Å². The van der Waals surface area contributed by atoms with Gasteiger partial charge in [0.2, 0.25) is 0 Å². The number of hydrogen-bond acceptors (Lipinski definition) is 4. The summed E-state index contributed by atoms with van der Waals surface area (Å²) in [6, 6.07) is 0. The second-order valence-corrected chi connectivity index (χ2v) is 2.47. The Bertz CT molecular complexity index is 27.2. The Morgan fingerprint density at radius 3 is 0.857 bits per heavy atom. The van der Waals surface area contributed by atoms with E-state index in [1.54, 1.807) is 0 Å². The monoisotopic (exact) mass is 295 g/mol. The van der Waals surface area contributed by atoms with E-state index in [-0.39, 0.29) is 72.4 Å². The standard InChI is InChI=1S/Eu.Mg.4H2O.Ti.2H/h;;4*1H2;;;/q;;;;;;+4;;/p-4. The molecule has 1 radical (unpaired) electrons. The molecule has 0 saturated heterocycles. The number of hydrogen-bond donors (Lipinski definition) is 4. The van der Waals surface area contributed by atoms with Gasteiger partial charge >= 0.3 is 55.9 Å². The van der Waals surface area contributed by atoms with Gasteiger partial charge in [-0.3, -0.25) is 0 Å². The molecule has 0 heterocycles. The van der Waals surface area contributed by atoms with Crippen LogP contribution in [0, 0.1) is 49.4 Å². The van der Waals surface area contributed by atoms with Gasteiger partial charge in [0.25, 0.3) is 0 Å². The molecular formula is H6EuMgO4Ti. The van der Waals surface area contributed by atoms with Gasteiger partial charge < -0.3 is 0 Å². The van der Waals surface area contributed by atoms with Crippen molar-refractivity contribution < 1.29 is 82.3 Å². The maximum absolute atomic E-state index is 7.38. The van der Waals surface area contributed by atoms with Crippen molar-refractivity contribution in [1.82, 2.24) is 0 Å². The molecule has 0 aliphatic rings. The zero-order chi connectivity index (χ0) is 4.50. The van der Waals surface area contributed by atoms with Crippen LogP contribution in [-0.4, -0.2) is 37.8 Å². The Kier molecular flexibility index (Phi) is 16.5. The summed E-state index contributed by atoms with van der Waals surface area (Å²) >= 11 is -5.00. The van der Waals surface area contributed by atoms with Crippen molar-refractivity contribution in [3.63, 3.8) is 0 Å². The van der Waals surface area contributed by atoms with Gasteiger partial charge in [-0.15, -0.1) is 0 Å². The second kappa shape index (κ2) is 7.02. The Labute approximate surface area is 103 Å². The summed E-state index contributed by atoms with van der Waals surface area (Å²) in [5.41, 5.74) is 0. The average molecular weight is 294 g/mol. The van der Waals surface area contributed by atoms with Gasteiger partial charge in [0.05, 0.1) is 0 Å². The van der Waals surface area contributed by atoms with Gasteiger partial charge in [0.15, 0.2) is 0 Å². The molecule has 0 bridgehead atoms. The molecule has 0 fully saturated rings.